The van der Waals surface area contributed by atoms with E-state index in [1.807, 2.05) is 6.92 Å². The molecule has 17 heavy (non-hydrogen) atoms. The molecule has 1 saturated heterocycles. The largest absolute Gasteiger partial charge is 0.405 e. The summed E-state index contributed by atoms with van der Waals surface area (Å²) in [5.41, 5.74) is 0. The van der Waals surface area contributed by atoms with Crippen molar-refractivity contribution in [2.24, 2.45) is 5.92 Å². The van der Waals surface area contributed by atoms with Gasteiger partial charge in [-0.25, -0.2) is 0 Å². The van der Waals surface area contributed by atoms with Gasteiger partial charge in [-0.2, -0.15) is 18.4 Å². The summed E-state index contributed by atoms with van der Waals surface area (Å²) in [6.45, 7) is 3.79. The Kier molecular flexibility index (Phi) is 5.22. The minimum absolute atomic E-state index is 0.118. The third-order valence-corrected chi connectivity index (χ3v) is 3.16. The number of halogens is 3. The summed E-state index contributed by atoms with van der Waals surface area (Å²) < 4.78 is 37.6. The van der Waals surface area contributed by atoms with Crippen molar-refractivity contribution < 1.29 is 13.2 Å². The molecule has 0 aromatic carbocycles. The molecule has 0 bridgehead atoms. The summed E-state index contributed by atoms with van der Waals surface area (Å²) in [7, 11) is 0. The van der Waals surface area contributed by atoms with Crippen molar-refractivity contribution in [3.63, 3.8) is 0 Å². The summed E-state index contributed by atoms with van der Waals surface area (Å²) in [5, 5.41) is 11.8. The van der Waals surface area contributed by atoms with Crippen LogP contribution in [-0.4, -0.2) is 43.3 Å². The van der Waals surface area contributed by atoms with Gasteiger partial charge in [-0.05, 0) is 25.9 Å². The van der Waals surface area contributed by atoms with Crippen molar-refractivity contribution in [1.29, 1.82) is 5.26 Å². The quantitative estimate of drug-likeness (QED) is 0.825. The van der Waals surface area contributed by atoms with Gasteiger partial charge in [-0.15, -0.1) is 0 Å². The zero-order chi connectivity index (χ0) is 12.9. The Labute approximate surface area is 99.6 Å². The molecular weight excluding hydrogens is 231 g/mol. The predicted molar refractivity (Wildman–Crippen MR) is 58.3 cm³/mol. The van der Waals surface area contributed by atoms with Crippen molar-refractivity contribution >= 4 is 0 Å². The highest BCUT2D eigenvalue weighted by Gasteiger charge is 2.41. The summed E-state index contributed by atoms with van der Waals surface area (Å²) >= 11 is 0. The van der Waals surface area contributed by atoms with Crippen LogP contribution in [0.4, 0.5) is 13.2 Å². The second-order valence-corrected chi connectivity index (χ2v) is 4.31. The molecule has 1 N–H and O–H groups in total. The SMILES string of the molecule is CCN(CC(C#N)C(F)(F)F)C1CCCNC1. The Hall–Kier alpha value is -0.800. The van der Waals surface area contributed by atoms with E-state index in [1.165, 1.54) is 6.07 Å². The number of rotatable bonds is 4. The van der Waals surface area contributed by atoms with Gasteiger partial charge in [0.25, 0.3) is 0 Å². The van der Waals surface area contributed by atoms with E-state index >= 15 is 0 Å². The molecule has 3 nitrogen and oxygen atoms in total. The van der Waals surface area contributed by atoms with Crippen LogP contribution >= 0.6 is 0 Å². The molecule has 98 valence electrons. The molecule has 0 saturated carbocycles. The van der Waals surface area contributed by atoms with E-state index in [-0.39, 0.29) is 12.6 Å². The van der Waals surface area contributed by atoms with Gasteiger partial charge in [0.15, 0.2) is 5.92 Å². The summed E-state index contributed by atoms with van der Waals surface area (Å²) in [4.78, 5) is 1.76. The Bertz CT molecular complexity index is 266. The van der Waals surface area contributed by atoms with Crippen LogP contribution < -0.4 is 5.32 Å². The van der Waals surface area contributed by atoms with Crippen LogP contribution in [0.1, 0.15) is 19.8 Å². The van der Waals surface area contributed by atoms with Crippen molar-refractivity contribution in [3.05, 3.63) is 0 Å². The fraction of sp³-hybridized carbons (Fsp3) is 0.909. The van der Waals surface area contributed by atoms with Crippen molar-refractivity contribution in [3.8, 4) is 6.07 Å². The molecule has 0 aliphatic carbocycles. The summed E-state index contributed by atoms with van der Waals surface area (Å²) in [6.07, 6.45) is -2.55. The topological polar surface area (TPSA) is 39.1 Å². The lowest BCUT2D eigenvalue weighted by Crippen LogP contribution is -2.49. The molecule has 0 spiro atoms. The van der Waals surface area contributed by atoms with E-state index in [0.717, 1.165) is 19.4 Å². The van der Waals surface area contributed by atoms with Crippen LogP contribution in [0.5, 0.6) is 0 Å². The third kappa shape index (κ3) is 4.17. The van der Waals surface area contributed by atoms with Gasteiger partial charge in [0, 0.05) is 19.1 Å². The minimum Gasteiger partial charge on any atom is -0.315 e. The maximum absolute atomic E-state index is 12.5. The monoisotopic (exact) mass is 249 g/mol. The van der Waals surface area contributed by atoms with E-state index < -0.39 is 12.1 Å². The first-order valence-electron chi connectivity index (χ1n) is 5.90. The average molecular weight is 249 g/mol. The number of nitrogens with zero attached hydrogens (tertiary/aromatic N) is 2. The normalized spacial score (nSPS) is 23.4. The van der Waals surface area contributed by atoms with Crippen LogP contribution in [0.2, 0.25) is 0 Å². The van der Waals surface area contributed by atoms with Gasteiger partial charge in [-0.3, -0.25) is 4.90 Å². The number of likely N-dealkylation sites (N-methyl/N-ethyl adjacent to an activating group) is 1. The van der Waals surface area contributed by atoms with E-state index in [4.69, 9.17) is 5.26 Å². The standard InChI is InChI=1S/C11H18F3N3/c1-2-17(10-4-3-5-16-7-10)8-9(6-15)11(12,13)14/h9-10,16H,2-5,7-8H2,1H3. The number of alkyl halides is 3. The second-order valence-electron chi connectivity index (χ2n) is 4.31. The molecule has 2 unspecified atom stereocenters. The van der Waals surface area contributed by atoms with E-state index in [0.29, 0.717) is 13.1 Å². The highest BCUT2D eigenvalue weighted by molar-refractivity contribution is 4.92. The van der Waals surface area contributed by atoms with Crippen molar-refractivity contribution in [1.82, 2.24) is 10.2 Å². The van der Waals surface area contributed by atoms with Crippen molar-refractivity contribution in [2.75, 3.05) is 26.2 Å². The first-order valence-corrected chi connectivity index (χ1v) is 5.90. The smallest absolute Gasteiger partial charge is 0.315 e. The number of nitrogens with one attached hydrogen (secondary N) is 1. The maximum Gasteiger partial charge on any atom is 0.405 e. The molecule has 0 amide bonds. The fourth-order valence-corrected chi connectivity index (χ4v) is 2.13. The highest BCUT2D eigenvalue weighted by Crippen LogP contribution is 2.27. The Morgan fingerprint density at radius 1 is 1.53 bits per heavy atom. The van der Waals surface area contributed by atoms with Gasteiger partial charge in [0.2, 0.25) is 0 Å². The van der Waals surface area contributed by atoms with Crippen LogP contribution in [0.25, 0.3) is 0 Å². The lowest BCUT2D eigenvalue weighted by Gasteiger charge is -2.35. The molecule has 1 aliphatic heterocycles. The molecule has 1 fully saturated rings. The molecule has 0 aromatic heterocycles. The maximum atomic E-state index is 12.5. The zero-order valence-electron chi connectivity index (χ0n) is 9.93. The van der Waals surface area contributed by atoms with E-state index in [9.17, 15) is 13.2 Å². The Morgan fingerprint density at radius 2 is 2.24 bits per heavy atom. The molecule has 6 heteroatoms. The van der Waals surface area contributed by atoms with Gasteiger partial charge in [0.05, 0.1) is 6.07 Å². The molecule has 0 aromatic rings. The number of nitriles is 1. The first kappa shape index (κ1) is 14.3. The van der Waals surface area contributed by atoms with Crippen LogP contribution in [0.3, 0.4) is 0 Å². The second kappa shape index (κ2) is 6.22. The first-order chi connectivity index (χ1) is 7.99. The van der Waals surface area contributed by atoms with E-state index in [1.54, 1.807) is 4.90 Å². The summed E-state index contributed by atoms with van der Waals surface area (Å²) in [6, 6.07) is 1.48. The number of hydrogen-bond donors (Lipinski definition) is 1. The van der Waals surface area contributed by atoms with Crippen LogP contribution in [-0.2, 0) is 0 Å². The number of hydrogen-bond acceptors (Lipinski definition) is 3. The molecule has 2 atom stereocenters. The van der Waals surface area contributed by atoms with Crippen LogP contribution in [0.15, 0.2) is 0 Å². The molecule has 1 heterocycles. The van der Waals surface area contributed by atoms with Gasteiger partial charge < -0.3 is 5.32 Å². The number of piperidine rings is 1. The van der Waals surface area contributed by atoms with Crippen LogP contribution in [0, 0.1) is 17.2 Å². The lowest BCUT2D eigenvalue weighted by molar-refractivity contribution is -0.164. The van der Waals surface area contributed by atoms with Crippen molar-refractivity contribution in [2.45, 2.75) is 32.0 Å². The Balaban J connectivity index is 2.58. The van der Waals surface area contributed by atoms with Gasteiger partial charge >= 0.3 is 6.18 Å². The zero-order valence-corrected chi connectivity index (χ0v) is 9.93. The molecule has 1 rings (SSSR count). The Morgan fingerprint density at radius 3 is 2.65 bits per heavy atom. The van der Waals surface area contributed by atoms with Gasteiger partial charge in [-0.1, -0.05) is 6.92 Å². The summed E-state index contributed by atoms with van der Waals surface area (Å²) in [5.74, 6) is -1.88. The third-order valence-electron chi connectivity index (χ3n) is 3.16. The predicted octanol–water partition coefficient (Wildman–Crippen LogP) is 1.76. The highest BCUT2D eigenvalue weighted by atomic mass is 19.4. The average Bonchev–Trinajstić information content (AvgIpc) is 2.30. The van der Waals surface area contributed by atoms with E-state index in [2.05, 4.69) is 5.32 Å². The molecule has 0 radical (unpaired) electrons. The molecular formula is C11H18F3N3. The fourth-order valence-electron chi connectivity index (χ4n) is 2.13. The minimum atomic E-state index is -4.43. The molecule has 1 aliphatic rings. The van der Waals surface area contributed by atoms with Gasteiger partial charge in [0.1, 0.15) is 0 Å². The lowest BCUT2D eigenvalue weighted by atomic mass is 10.0.